The average molecular weight is 446 g/mol. The van der Waals surface area contributed by atoms with E-state index in [0.29, 0.717) is 6.42 Å². The molecule has 9 nitrogen and oxygen atoms in total. The van der Waals surface area contributed by atoms with Crippen LogP contribution in [0.3, 0.4) is 0 Å². The Morgan fingerprint density at radius 1 is 1.12 bits per heavy atom. The molecule has 0 saturated carbocycles. The molecule has 176 valence electrons. The molecule has 9 heteroatoms. The molecule has 1 aromatic rings. The summed E-state index contributed by atoms with van der Waals surface area (Å²) in [5.41, 5.74) is 15.2. The first kappa shape index (κ1) is 27.2. The summed E-state index contributed by atoms with van der Waals surface area (Å²) in [6.45, 7) is 11.6. The van der Waals surface area contributed by atoms with Crippen molar-refractivity contribution in [3.8, 4) is 0 Å². The lowest BCUT2D eigenvalue weighted by Gasteiger charge is -2.27. The highest BCUT2D eigenvalue weighted by Gasteiger charge is 2.25. The number of nitrogens with one attached hydrogen (secondary N) is 4. The van der Waals surface area contributed by atoms with Crippen LogP contribution in [-0.2, 0) is 16.1 Å². The van der Waals surface area contributed by atoms with Crippen LogP contribution < -0.4 is 21.9 Å². The Morgan fingerprint density at radius 2 is 1.72 bits per heavy atom. The van der Waals surface area contributed by atoms with Crippen molar-refractivity contribution in [3.05, 3.63) is 66.3 Å². The van der Waals surface area contributed by atoms with Crippen LogP contribution in [0.4, 0.5) is 0 Å². The van der Waals surface area contributed by atoms with Gasteiger partial charge in [-0.2, -0.15) is 11.1 Å². The second-order valence-corrected chi connectivity index (χ2v) is 7.09. The van der Waals surface area contributed by atoms with Crippen molar-refractivity contribution in [1.82, 2.24) is 26.8 Å². The smallest absolute Gasteiger partial charge is 0.326 e. The van der Waals surface area contributed by atoms with E-state index in [4.69, 9.17) is 5.11 Å². The molecule has 0 radical (unpaired) electrons. The monoisotopic (exact) mass is 445 g/mol. The molecule has 1 saturated heterocycles. The van der Waals surface area contributed by atoms with Gasteiger partial charge in [0.1, 0.15) is 12.2 Å². The largest absolute Gasteiger partial charge is 0.480 e. The standard InChI is InChI=1S/C22H31N5O3.CH4O/c1-5-8-9-20(28)27(15(4)22(29)30)14-16-10-12-17(13-11-16)18(6-2)19(7-3)21-23-25-26-24-21;1-2/h6-7,10-13,15,21,23-26H,2-3,5,8-9,14H2,1,4H3,(H,29,30);2H,1H3/b19-18-;/t15-;/m0./s1. The van der Waals surface area contributed by atoms with Crippen LogP contribution in [-0.4, -0.2) is 46.3 Å². The first-order valence-electron chi connectivity index (χ1n) is 10.5. The van der Waals surface area contributed by atoms with Gasteiger partial charge in [-0.3, -0.25) is 4.79 Å². The highest BCUT2D eigenvalue weighted by atomic mass is 16.4. The number of unbranched alkanes of at least 4 members (excludes halogenated alkanes) is 1. The number of benzene rings is 1. The third kappa shape index (κ3) is 7.40. The van der Waals surface area contributed by atoms with Gasteiger partial charge in [0, 0.05) is 20.1 Å². The Kier molecular flexibility index (Phi) is 12.1. The van der Waals surface area contributed by atoms with E-state index in [2.05, 4.69) is 35.1 Å². The third-order valence-corrected chi connectivity index (χ3v) is 5.05. The third-order valence-electron chi connectivity index (χ3n) is 5.05. The minimum absolute atomic E-state index is 0.144. The zero-order valence-electron chi connectivity index (χ0n) is 19.0. The molecule has 1 atom stereocenters. The van der Waals surface area contributed by atoms with Crippen molar-refractivity contribution in [2.24, 2.45) is 0 Å². The highest BCUT2D eigenvalue weighted by Crippen LogP contribution is 2.24. The van der Waals surface area contributed by atoms with Gasteiger partial charge in [0.25, 0.3) is 0 Å². The summed E-state index contributed by atoms with van der Waals surface area (Å²) in [7, 11) is 1.00. The number of hydrogen-bond donors (Lipinski definition) is 6. The number of hydrogen-bond acceptors (Lipinski definition) is 7. The molecule has 0 aromatic heterocycles. The minimum Gasteiger partial charge on any atom is -0.480 e. The van der Waals surface area contributed by atoms with Crippen LogP contribution in [0.15, 0.2) is 55.1 Å². The first-order valence-corrected chi connectivity index (χ1v) is 10.5. The van der Waals surface area contributed by atoms with Gasteiger partial charge in [-0.15, -0.1) is 0 Å². The van der Waals surface area contributed by atoms with Crippen LogP contribution >= 0.6 is 0 Å². The van der Waals surface area contributed by atoms with Gasteiger partial charge in [-0.1, -0.05) is 62.9 Å². The lowest BCUT2D eigenvalue weighted by atomic mass is 9.97. The summed E-state index contributed by atoms with van der Waals surface area (Å²) in [4.78, 5) is 25.5. The number of rotatable bonds is 11. The van der Waals surface area contributed by atoms with E-state index < -0.39 is 12.0 Å². The lowest BCUT2D eigenvalue weighted by Crippen LogP contribution is -2.42. The van der Waals surface area contributed by atoms with Gasteiger partial charge in [0.2, 0.25) is 5.91 Å². The number of allylic oxidation sites excluding steroid dienone is 2. The summed E-state index contributed by atoms with van der Waals surface area (Å²) in [5, 5.41) is 16.4. The Balaban J connectivity index is 0.00000249. The maximum absolute atomic E-state index is 12.6. The predicted molar refractivity (Wildman–Crippen MR) is 125 cm³/mol. The van der Waals surface area contributed by atoms with E-state index in [0.717, 1.165) is 42.2 Å². The van der Waals surface area contributed by atoms with E-state index in [1.807, 2.05) is 31.2 Å². The number of nitrogens with zero attached hydrogens (tertiary/aromatic N) is 1. The fourth-order valence-electron chi connectivity index (χ4n) is 3.23. The lowest BCUT2D eigenvalue weighted by molar-refractivity contribution is -0.150. The van der Waals surface area contributed by atoms with Crippen molar-refractivity contribution < 1.29 is 19.8 Å². The number of aliphatic hydroxyl groups excluding tert-OH is 1. The number of carboxylic acid groups (broad SMARTS) is 1. The SMILES string of the molecule is C=C/C(=C(\C=C)C1NNNN1)c1ccc(CN(C(=O)CCCC)[C@@H](C)C(=O)O)cc1.CO. The molecule has 1 amide bonds. The Bertz CT molecular complexity index is 801. The quantitative estimate of drug-likeness (QED) is 0.285. The van der Waals surface area contributed by atoms with Gasteiger partial charge >= 0.3 is 5.97 Å². The number of carbonyl (C=O) groups is 2. The fourth-order valence-corrected chi connectivity index (χ4v) is 3.23. The number of hydrazine groups is 3. The topological polar surface area (TPSA) is 126 Å². The number of carboxylic acids is 1. The molecule has 0 spiro atoms. The summed E-state index contributed by atoms with van der Waals surface area (Å²) in [5.74, 6) is -1.16. The van der Waals surface area contributed by atoms with Crippen molar-refractivity contribution in [3.63, 3.8) is 0 Å². The maximum atomic E-state index is 12.6. The van der Waals surface area contributed by atoms with Crippen molar-refractivity contribution in [1.29, 1.82) is 0 Å². The molecule has 6 N–H and O–H groups in total. The molecular weight excluding hydrogens is 410 g/mol. The van der Waals surface area contributed by atoms with Gasteiger partial charge in [0.15, 0.2) is 0 Å². The summed E-state index contributed by atoms with van der Waals surface area (Å²) >= 11 is 0. The second kappa shape index (κ2) is 14.3. The molecule has 2 rings (SSSR count). The maximum Gasteiger partial charge on any atom is 0.326 e. The Hall–Kier alpha value is -2.82. The summed E-state index contributed by atoms with van der Waals surface area (Å²) in [6, 6.07) is 6.79. The van der Waals surface area contributed by atoms with E-state index in [-0.39, 0.29) is 18.6 Å². The molecule has 1 fully saturated rings. The second-order valence-electron chi connectivity index (χ2n) is 7.09. The normalized spacial score (nSPS) is 15.1. The van der Waals surface area contributed by atoms with E-state index >= 15 is 0 Å². The van der Waals surface area contributed by atoms with Crippen LogP contribution in [0.25, 0.3) is 5.57 Å². The average Bonchev–Trinajstić information content (AvgIpc) is 3.35. The molecule has 0 bridgehead atoms. The van der Waals surface area contributed by atoms with Crippen molar-refractivity contribution in [2.45, 2.75) is 51.9 Å². The molecule has 1 heterocycles. The minimum atomic E-state index is -1.01. The number of aliphatic hydroxyl groups is 1. The summed E-state index contributed by atoms with van der Waals surface area (Å²) < 4.78 is 0. The van der Waals surface area contributed by atoms with Crippen LogP contribution in [0.2, 0.25) is 0 Å². The van der Waals surface area contributed by atoms with E-state index in [1.54, 1.807) is 19.1 Å². The van der Waals surface area contributed by atoms with Crippen LogP contribution in [0, 0.1) is 0 Å². The van der Waals surface area contributed by atoms with Gasteiger partial charge in [-0.25, -0.2) is 15.6 Å². The van der Waals surface area contributed by atoms with Gasteiger partial charge < -0.3 is 15.1 Å². The molecular formula is C23H35N5O4. The zero-order valence-corrected chi connectivity index (χ0v) is 19.0. The zero-order chi connectivity index (χ0) is 24.1. The molecule has 32 heavy (non-hydrogen) atoms. The first-order chi connectivity index (χ1) is 15.4. The summed E-state index contributed by atoms with van der Waals surface area (Å²) in [6.07, 6.45) is 5.31. The van der Waals surface area contributed by atoms with Crippen molar-refractivity contribution in [2.75, 3.05) is 7.11 Å². The highest BCUT2D eigenvalue weighted by molar-refractivity contribution is 5.83. The van der Waals surface area contributed by atoms with E-state index in [1.165, 1.54) is 4.90 Å². The molecule has 1 aliphatic rings. The Labute approximate surface area is 189 Å². The molecule has 1 aliphatic heterocycles. The Morgan fingerprint density at radius 3 is 2.19 bits per heavy atom. The molecule has 1 aromatic carbocycles. The fraction of sp³-hybridized carbons (Fsp3) is 0.391. The van der Waals surface area contributed by atoms with Gasteiger partial charge in [-0.05, 0) is 35.6 Å². The van der Waals surface area contributed by atoms with Crippen LogP contribution in [0.5, 0.6) is 0 Å². The molecule has 0 aliphatic carbocycles. The van der Waals surface area contributed by atoms with Crippen molar-refractivity contribution >= 4 is 17.4 Å². The van der Waals surface area contributed by atoms with E-state index in [9.17, 15) is 14.7 Å². The van der Waals surface area contributed by atoms with Crippen LogP contribution in [0.1, 0.15) is 44.2 Å². The molecule has 0 unspecified atom stereocenters. The number of carbonyl (C=O) groups excluding carboxylic acids is 1. The number of aliphatic carboxylic acids is 1. The van der Waals surface area contributed by atoms with Gasteiger partial charge in [0.05, 0.1) is 0 Å². The number of amides is 1. The predicted octanol–water partition coefficient (Wildman–Crippen LogP) is 1.86.